The smallest absolute Gasteiger partial charge is 0.345 e. The molecule has 1 saturated heterocycles. The van der Waals surface area contributed by atoms with Crippen molar-refractivity contribution in [3.63, 3.8) is 0 Å². The lowest BCUT2D eigenvalue weighted by molar-refractivity contribution is -0.385. The quantitative estimate of drug-likeness (QED) is 0.380. The second-order valence-corrected chi connectivity index (χ2v) is 9.15. The van der Waals surface area contributed by atoms with E-state index in [1.54, 1.807) is 6.92 Å². The maximum Gasteiger partial charge on any atom is 0.345 e. The first-order valence-corrected chi connectivity index (χ1v) is 10.8. The number of amides is 1. The molecule has 0 spiro atoms. The summed E-state index contributed by atoms with van der Waals surface area (Å²) in [6.45, 7) is 4.57. The summed E-state index contributed by atoms with van der Waals surface area (Å²) in [5.74, 6) is -1.57. The average molecular weight is 412 g/mol. The average Bonchev–Trinajstić information content (AvgIpc) is 2.98. The van der Waals surface area contributed by atoms with E-state index in [1.165, 1.54) is 30.0 Å². The molecule has 28 heavy (non-hydrogen) atoms. The number of rotatable bonds is 7. The summed E-state index contributed by atoms with van der Waals surface area (Å²) in [7, 11) is -3.19. The molecule has 1 aliphatic heterocycles. The first kappa shape index (κ1) is 21.8. The molecule has 0 aliphatic carbocycles. The van der Waals surface area contributed by atoms with Gasteiger partial charge in [-0.15, -0.1) is 0 Å². The Balaban J connectivity index is 2.14. The van der Waals surface area contributed by atoms with Crippen LogP contribution in [0.15, 0.2) is 18.2 Å². The number of benzene rings is 1. The van der Waals surface area contributed by atoms with Gasteiger partial charge >= 0.3 is 5.97 Å². The Morgan fingerprint density at radius 1 is 1.39 bits per heavy atom. The fourth-order valence-corrected chi connectivity index (χ4v) is 5.06. The number of sulfone groups is 1. The van der Waals surface area contributed by atoms with E-state index >= 15 is 0 Å². The van der Waals surface area contributed by atoms with Crippen LogP contribution in [0.2, 0.25) is 0 Å². The van der Waals surface area contributed by atoms with E-state index in [9.17, 15) is 28.1 Å². The van der Waals surface area contributed by atoms with Crippen LogP contribution in [0.1, 0.15) is 42.6 Å². The van der Waals surface area contributed by atoms with Crippen molar-refractivity contribution in [3.8, 4) is 0 Å². The summed E-state index contributed by atoms with van der Waals surface area (Å²) in [6.07, 6.45) is 0.954. The van der Waals surface area contributed by atoms with Crippen LogP contribution in [0, 0.1) is 17.0 Å². The van der Waals surface area contributed by atoms with Gasteiger partial charge < -0.3 is 9.64 Å². The van der Waals surface area contributed by atoms with Crippen LogP contribution in [-0.4, -0.2) is 60.3 Å². The van der Waals surface area contributed by atoms with E-state index in [1.807, 2.05) is 6.92 Å². The van der Waals surface area contributed by atoms with Crippen molar-refractivity contribution in [2.24, 2.45) is 0 Å². The van der Waals surface area contributed by atoms with Crippen molar-refractivity contribution >= 4 is 27.4 Å². The third-order valence-corrected chi connectivity index (χ3v) is 6.67. The van der Waals surface area contributed by atoms with Gasteiger partial charge in [-0.1, -0.05) is 19.1 Å². The number of carbonyl (C=O) groups excluding carboxylic acids is 2. The molecule has 1 heterocycles. The number of aryl methyl sites for hydroxylation is 1. The summed E-state index contributed by atoms with van der Waals surface area (Å²) in [5, 5.41) is 11.2. The predicted octanol–water partition coefficient (Wildman–Crippen LogP) is 1.87. The van der Waals surface area contributed by atoms with Gasteiger partial charge in [0, 0.05) is 17.6 Å². The summed E-state index contributed by atoms with van der Waals surface area (Å²) >= 11 is 0. The van der Waals surface area contributed by atoms with E-state index in [4.69, 9.17) is 4.74 Å². The van der Waals surface area contributed by atoms with E-state index in [0.717, 1.165) is 0 Å². The number of hydrogen-bond donors (Lipinski definition) is 0. The van der Waals surface area contributed by atoms with Crippen LogP contribution < -0.4 is 0 Å². The highest BCUT2D eigenvalue weighted by Gasteiger charge is 2.37. The third-order valence-electron chi connectivity index (χ3n) is 4.92. The molecule has 10 heteroatoms. The van der Waals surface area contributed by atoms with Crippen LogP contribution in [0.25, 0.3) is 0 Å². The van der Waals surface area contributed by atoms with Crippen molar-refractivity contribution in [3.05, 3.63) is 39.4 Å². The summed E-state index contributed by atoms with van der Waals surface area (Å²) in [6, 6.07) is 3.59. The van der Waals surface area contributed by atoms with Crippen molar-refractivity contribution < 1.29 is 27.7 Å². The molecule has 0 saturated carbocycles. The summed E-state index contributed by atoms with van der Waals surface area (Å²) in [5.41, 5.74) is -0.278. The van der Waals surface area contributed by atoms with Crippen molar-refractivity contribution in [2.75, 3.05) is 18.1 Å². The number of carbonyl (C=O) groups is 2. The number of para-hydroxylation sites is 1. The molecule has 1 aromatic rings. The van der Waals surface area contributed by atoms with Crippen molar-refractivity contribution in [1.29, 1.82) is 0 Å². The Morgan fingerprint density at radius 2 is 2.07 bits per heavy atom. The Bertz CT molecular complexity index is 882. The van der Waals surface area contributed by atoms with Crippen LogP contribution >= 0.6 is 0 Å². The Labute approximate surface area is 163 Å². The maximum atomic E-state index is 12.7. The second-order valence-electron chi connectivity index (χ2n) is 6.92. The number of nitro benzene ring substituents is 1. The molecular weight excluding hydrogens is 388 g/mol. The van der Waals surface area contributed by atoms with E-state index < -0.39 is 39.3 Å². The lowest BCUT2D eigenvalue weighted by atomic mass is 10.1. The Hall–Kier alpha value is -2.49. The van der Waals surface area contributed by atoms with Crippen LogP contribution in [-0.2, 0) is 19.4 Å². The monoisotopic (exact) mass is 412 g/mol. The number of ether oxygens (including phenoxy) is 1. The van der Waals surface area contributed by atoms with Gasteiger partial charge in [0.15, 0.2) is 16.4 Å². The molecule has 1 amide bonds. The molecule has 0 N–H and O–H groups in total. The fourth-order valence-electron chi connectivity index (χ4n) is 3.35. The van der Waals surface area contributed by atoms with Gasteiger partial charge in [0.05, 0.1) is 16.4 Å². The number of hydrogen-bond acceptors (Lipinski definition) is 7. The van der Waals surface area contributed by atoms with Crippen LogP contribution in [0.5, 0.6) is 0 Å². The molecule has 1 aliphatic rings. The number of esters is 1. The highest BCUT2D eigenvalue weighted by molar-refractivity contribution is 7.91. The number of nitro groups is 1. The summed E-state index contributed by atoms with van der Waals surface area (Å²) < 4.78 is 28.6. The van der Waals surface area contributed by atoms with Gasteiger partial charge in [0.1, 0.15) is 5.56 Å². The highest BCUT2D eigenvalue weighted by Crippen LogP contribution is 2.24. The Kier molecular flexibility index (Phi) is 6.76. The molecule has 154 valence electrons. The molecule has 2 rings (SSSR count). The molecule has 0 radical (unpaired) electrons. The first-order valence-electron chi connectivity index (χ1n) is 9.00. The standard InChI is InChI=1S/C18H24N2O7S/c1-4-13(3)19(14-8-9-28(25,26)11-14)16(21)10-27-18(22)15-7-5-6-12(2)17(15)20(23)24/h5-7,13-14H,4,8-11H2,1-3H3/t13-,14-/m1/s1. The molecule has 9 nitrogen and oxygen atoms in total. The minimum Gasteiger partial charge on any atom is -0.452 e. The molecular formula is C18H24N2O7S. The van der Waals surface area contributed by atoms with Crippen LogP contribution in [0.4, 0.5) is 5.69 Å². The van der Waals surface area contributed by atoms with Crippen molar-refractivity contribution in [2.45, 2.75) is 45.7 Å². The van der Waals surface area contributed by atoms with E-state index in [2.05, 4.69) is 0 Å². The topological polar surface area (TPSA) is 124 Å². The summed E-state index contributed by atoms with van der Waals surface area (Å²) in [4.78, 5) is 37.0. The van der Waals surface area contributed by atoms with Crippen molar-refractivity contribution in [1.82, 2.24) is 4.90 Å². The molecule has 0 aromatic heterocycles. The van der Waals surface area contributed by atoms with Gasteiger partial charge in [-0.05, 0) is 32.8 Å². The normalized spacial score (nSPS) is 19.0. The zero-order valence-corrected chi connectivity index (χ0v) is 16.9. The molecule has 1 fully saturated rings. The minimum absolute atomic E-state index is 0.0210. The number of nitrogens with zero attached hydrogens (tertiary/aromatic N) is 2. The van der Waals surface area contributed by atoms with Gasteiger partial charge in [-0.3, -0.25) is 14.9 Å². The highest BCUT2D eigenvalue weighted by atomic mass is 32.2. The fraction of sp³-hybridized carbons (Fsp3) is 0.556. The van der Waals surface area contributed by atoms with Gasteiger partial charge in [-0.25, -0.2) is 13.2 Å². The molecule has 1 aromatic carbocycles. The van der Waals surface area contributed by atoms with E-state index in [0.29, 0.717) is 18.4 Å². The molecule has 0 unspecified atom stereocenters. The minimum atomic E-state index is -3.19. The largest absolute Gasteiger partial charge is 0.452 e. The zero-order chi connectivity index (χ0) is 21.1. The van der Waals surface area contributed by atoms with E-state index in [-0.39, 0.29) is 28.8 Å². The lowest BCUT2D eigenvalue weighted by Gasteiger charge is -2.33. The molecule has 2 atom stereocenters. The third kappa shape index (κ3) is 4.86. The van der Waals surface area contributed by atoms with Gasteiger partial charge in [0.2, 0.25) is 0 Å². The molecule has 0 bridgehead atoms. The SMILES string of the molecule is CC[C@@H](C)N(C(=O)COC(=O)c1cccc(C)c1[N+](=O)[O-])[C@@H]1CCS(=O)(=O)C1. The lowest BCUT2D eigenvalue weighted by Crippen LogP contribution is -2.48. The predicted molar refractivity (Wildman–Crippen MR) is 102 cm³/mol. The van der Waals surface area contributed by atoms with Gasteiger partial charge in [0.25, 0.3) is 11.6 Å². The Morgan fingerprint density at radius 3 is 2.61 bits per heavy atom. The first-order chi connectivity index (χ1) is 13.1. The second kappa shape index (κ2) is 8.68. The maximum absolute atomic E-state index is 12.7. The van der Waals surface area contributed by atoms with Crippen LogP contribution in [0.3, 0.4) is 0 Å². The zero-order valence-electron chi connectivity index (χ0n) is 16.1. The van der Waals surface area contributed by atoms with Gasteiger partial charge in [-0.2, -0.15) is 0 Å².